The highest BCUT2D eigenvalue weighted by Gasteiger charge is 2.42. The van der Waals surface area contributed by atoms with Crippen molar-refractivity contribution in [1.29, 1.82) is 0 Å². The normalized spacial score (nSPS) is 23.8. The van der Waals surface area contributed by atoms with Crippen LogP contribution in [0.4, 0.5) is 4.39 Å². The summed E-state index contributed by atoms with van der Waals surface area (Å²) < 4.78 is 19.1. The van der Waals surface area contributed by atoms with Gasteiger partial charge in [0.1, 0.15) is 5.82 Å². The second-order valence-corrected chi connectivity index (χ2v) is 7.77. The van der Waals surface area contributed by atoms with E-state index in [1.54, 1.807) is 12.1 Å². The van der Waals surface area contributed by atoms with Crippen molar-refractivity contribution < 1.29 is 9.13 Å². The molecule has 2 fully saturated rings. The van der Waals surface area contributed by atoms with E-state index in [9.17, 15) is 4.39 Å². The fourth-order valence-corrected chi connectivity index (χ4v) is 3.73. The van der Waals surface area contributed by atoms with Gasteiger partial charge in [0.25, 0.3) is 0 Å². The first-order chi connectivity index (χ1) is 11.4. The number of ether oxygens (including phenoxy) is 1. The highest BCUT2D eigenvalue weighted by Crippen LogP contribution is 2.38. The molecule has 1 unspecified atom stereocenters. The zero-order chi connectivity index (χ0) is 17.2. The average molecular weight is 461 g/mol. The van der Waals surface area contributed by atoms with E-state index in [0.29, 0.717) is 12.0 Å². The Balaban J connectivity index is 0.00000225. The van der Waals surface area contributed by atoms with Crippen LogP contribution >= 0.6 is 24.0 Å². The molecule has 0 saturated carbocycles. The lowest BCUT2D eigenvalue weighted by molar-refractivity contribution is 0.156. The van der Waals surface area contributed by atoms with Gasteiger partial charge in [-0.3, -0.25) is 4.99 Å². The lowest BCUT2D eigenvalue weighted by atomic mass is 9.84. The van der Waals surface area contributed by atoms with Crippen LogP contribution in [-0.2, 0) is 10.2 Å². The van der Waals surface area contributed by atoms with Crippen LogP contribution in [0, 0.1) is 11.2 Å². The Morgan fingerprint density at radius 2 is 2.20 bits per heavy atom. The van der Waals surface area contributed by atoms with Gasteiger partial charge in [-0.15, -0.1) is 24.0 Å². The molecular weight excluding hydrogens is 432 g/mol. The molecule has 2 aliphatic rings. The average Bonchev–Trinajstić information content (AvgIpc) is 3.19. The molecule has 2 heterocycles. The first-order valence-electron chi connectivity index (χ1n) is 8.74. The number of nitrogens with one attached hydrogen (secondary N) is 1. The molecule has 6 heteroatoms. The van der Waals surface area contributed by atoms with Gasteiger partial charge < -0.3 is 15.0 Å². The van der Waals surface area contributed by atoms with Gasteiger partial charge in [0.15, 0.2) is 5.96 Å². The second kappa shape index (κ2) is 8.20. The standard InChI is InChI=1S/C19H28FN3O.HI/c1-18(2,15-5-4-6-16(20)11-15)12-22-17(21-3)23-9-7-19(13-23)8-10-24-14-19;/h4-6,11H,7-10,12-14H2,1-3H3,(H,21,22);1H. The summed E-state index contributed by atoms with van der Waals surface area (Å²) in [5.74, 6) is 0.746. The number of rotatable bonds is 3. The first kappa shape index (κ1) is 20.4. The third-order valence-electron chi connectivity index (χ3n) is 5.43. The number of benzene rings is 1. The highest BCUT2D eigenvalue weighted by molar-refractivity contribution is 14.0. The Morgan fingerprint density at radius 1 is 1.40 bits per heavy atom. The molecule has 0 aliphatic carbocycles. The summed E-state index contributed by atoms with van der Waals surface area (Å²) in [5, 5.41) is 3.49. The fourth-order valence-electron chi connectivity index (χ4n) is 3.73. The van der Waals surface area contributed by atoms with Gasteiger partial charge in [-0.1, -0.05) is 26.0 Å². The van der Waals surface area contributed by atoms with Gasteiger partial charge in [-0.25, -0.2) is 4.39 Å². The lowest BCUT2D eigenvalue weighted by Crippen LogP contribution is -2.45. The minimum Gasteiger partial charge on any atom is -0.381 e. The van der Waals surface area contributed by atoms with Gasteiger partial charge >= 0.3 is 0 Å². The number of hydrogen-bond donors (Lipinski definition) is 1. The van der Waals surface area contributed by atoms with Gasteiger partial charge in [0.05, 0.1) is 6.61 Å². The predicted octanol–water partition coefficient (Wildman–Crippen LogP) is 3.41. The van der Waals surface area contributed by atoms with Crippen LogP contribution < -0.4 is 5.32 Å². The second-order valence-electron chi connectivity index (χ2n) is 7.77. The minimum atomic E-state index is -0.187. The summed E-state index contributed by atoms with van der Waals surface area (Å²) in [5.41, 5.74) is 1.13. The molecule has 1 atom stereocenters. The quantitative estimate of drug-likeness (QED) is 0.426. The maximum atomic E-state index is 13.5. The van der Waals surface area contributed by atoms with E-state index in [-0.39, 0.29) is 35.2 Å². The molecule has 140 valence electrons. The van der Waals surface area contributed by atoms with E-state index in [1.807, 2.05) is 13.1 Å². The molecule has 3 rings (SSSR count). The Morgan fingerprint density at radius 3 is 2.84 bits per heavy atom. The molecule has 1 aromatic carbocycles. The van der Waals surface area contributed by atoms with E-state index in [2.05, 4.69) is 29.1 Å². The summed E-state index contributed by atoms with van der Waals surface area (Å²) >= 11 is 0. The molecule has 0 radical (unpaired) electrons. The molecule has 1 N–H and O–H groups in total. The van der Waals surface area contributed by atoms with Crippen LogP contribution in [0.1, 0.15) is 32.3 Å². The van der Waals surface area contributed by atoms with Crippen LogP contribution in [0.5, 0.6) is 0 Å². The van der Waals surface area contributed by atoms with Crippen molar-refractivity contribution in [2.75, 3.05) is 39.9 Å². The Kier molecular flexibility index (Phi) is 6.70. The molecule has 1 spiro atoms. The van der Waals surface area contributed by atoms with Crippen LogP contribution in [0.25, 0.3) is 0 Å². The molecule has 0 bridgehead atoms. The predicted molar refractivity (Wildman–Crippen MR) is 110 cm³/mol. The molecular formula is C19H29FIN3O. The van der Waals surface area contributed by atoms with E-state index in [4.69, 9.17) is 4.74 Å². The third-order valence-corrected chi connectivity index (χ3v) is 5.43. The monoisotopic (exact) mass is 461 g/mol. The van der Waals surface area contributed by atoms with Crippen molar-refractivity contribution in [3.05, 3.63) is 35.6 Å². The molecule has 0 amide bonds. The number of guanidine groups is 1. The molecule has 25 heavy (non-hydrogen) atoms. The molecule has 2 aliphatic heterocycles. The van der Waals surface area contributed by atoms with Gasteiger partial charge in [0, 0.05) is 44.1 Å². The van der Waals surface area contributed by atoms with E-state index >= 15 is 0 Å². The summed E-state index contributed by atoms with van der Waals surface area (Å²) in [6.07, 6.45) is 2.32. The van der Waals surface area contributed by atoms with Crippen molar-refractivity contribution in [1.82, 2.24) is 10.2 Å². The third kappa shape index (κ3) is 4.64. The number of nitrogens with zero attached hydrogens (tertiary/aromatic N) is 2. The molecule has 0 aromatic heterocycles. The van der Waals surface area contributed by atoms with Gasteiger partial charge in [0.2, 0.25) is 0 Å². The van der Waals surface area contributed by atoms with Crippen molar-refractivity contribution in [3.63, 3.8) is 0 Å². The van der Waals surface area contributed by atoms with Gasteiger partial charge in [-0.2, -0.15) is 0 Å². The van der Waals surface area contributed by atoms with E-state index in [0.717, 1.165) is 44.2 Å². The maximum absolute atomic E-state index is 13.5. The first-order valence-corrected chi connectivity index (χ1v) is 8.74. The Labute approximate surface area is 167 Å². The summed E-state index contributed by atoms with van der Waals surface area (Å²) in [7, 11) is 1.83. The summed E-state index contributed by atoms with van der Waals surface area (Å²) in [6, 6.07) is 6.85. The smallest absolute Gasteiger partial charge is 0.193 e. The summed E-state index contributed by atoms with van der Waals surface area (Å²) in [4.78, 5) is 6.79. The Bertz CT molecular complexity index is 614. The topological polar surface area (TPSA) is 36.9 Å². The van der Waals surface area contributed by atoms with Crippen molar-refractivity contribution in [3.8, 4) is 0 Å². The zero-order valence-electron chi connectivity index (χ0n) is 15.3. The van der Waals surface area contributed by atoms with Crippen molar-refractivity contribution in [2.45, 2.75) is 32.1 Å². The fraction of sp³-hybridized carbons (Fsp3) is 0.632. The number of halogens is 2. The summed E-state index contributed by atoms with van der Waals surface area (Å²) in [6.45, 7) is 8.73. The SMILES string of the molecule is CN=C(NCC(C)(C)c1cccc(F)c1)N1CCC2(CCOC2)C1.I. The van der Waals surface area contributed by atoms with Crippen LogP contribution in [0.3, 0.4) is 0 Å². The van der Waals surface area contributed by atoms with E-state index < -0.39 is 0 Å². The number of hydrogen-bond acceptors (Lipinski definition) is 2. The maximum Gasteiger partial charge on any atom is 0.193 e. The minimum absolute atomic E-state index is 0. The number of likely N-dealkylation sites (tertiary alicyclic amines) is 1. The number of aliphatic imine (C=N–C) groups is 1. The van der Waals surface area contributed by atoms with Crippen LogP contribution in [-0.4, -0.2) is 50.8 Å². The Hall–Kier alpha value is -0.890. The lowest BCUT2D eigenvalue weighted by Gasteiger charge is -2.30. The molecule has 1 aromatic rings. The van der Waals surface area contributed by atoms with E-state index in [1.165, 1.54) is 12.5 Å². The van der Waals surface area contributed by atoms with Crippen LogP contribution in [0.15, 0.2) is 29.3 Å². The largest absolute Gasteiger partial charge is 0.381 e. The highest BCUT2D eigenvalue weighted by atomic mass is 127. The molecule has 4 nitrogen and oxygen atoms in total. The zero-order valence-corrected chi connectivity index (χ0v) is 17.7. The molecule has 2 saturated heterocycles. The van der Waals surface area contributed by atoms with Crippen molar-refractivity contribution in [2.24, 2.45) is 10.4 Å². The van der Waals surface area contributed by atoms with Crippen molar-refractivity contribution >= 4 is 29.9 Å². The van der Waals surface area contributed by atoms with Gasteiger partial charge in [-0.05, 0) is 30.5 Å². The van der Waals surface area contributed by atoms with Crippen LogP contribution in [0.2, 0.25) is 0 Å².